The summed E-state index contributed by atoms with van der Waals surface area (Å²) < 4.78 is 64.0. The van der Waals surface area contributed by atoms with Crippen molar-refractivity contribution in [1.82, 2.24) is 0 Å². The zero-order chi connectivity index (χ0) is 46.3. The Labute approximate surface area is 414 Å². The number of thiophene rings is 5. The smallest absolute Gasteiger partial charge is 0.333 e. The molecule has 0 spiro atoms. The van der Waals surface area contributed by atoms with Crippen LogP contribution in [0.5, 0.6) is 57.5 Å². The summed E-state index contributed by atoms with van der Waals surface area (Å²) in [5.41, 5.74) is 5.78. The third-order valence-electron chi connectivity index (χ3n) is 12.3. The normalized spacial score (nSPS) is 16.3. The van der Waals surface area contributed by atoms with Crippen molar-refractivity contribution in [3.63, 3.8) is 0 Å². The van der Waals surface area contributed by atoms with Crippen molar-refractivity contribution in [3.8, 4) is 107 Å². The van der Waals surface area contributed by atoms with E-state index in [9.17, 15) is 9.90 Å². The van der Waals surface area contributed by atoms with Crippen LogP contribution in [0.25, 0.3) is 60.4 Å². The lowest BCUT2D eigenvalue weighted by molar-refractivity contribution is -0.132. The summed E-state index contributed by atoms with van der Waals surface area (Å²) in [6, 6.07) is 15.5. The molecule has 0 fully saturated rings. The molecule has 6 aliphatic heterocycles. The van der Waals surface area contributed by atoms with Crippen LogP contribution in [0, 0.1) is 6.57 Å². The van der Waals surface area contributed by atoms with Gasteiger partial charge in [-0.05, 0) is 60.7 Å². The van der Waals surface area contributed by atoms with Crippen LogP contribution in [0.2, 0.25) is 0 Å². The van der Waals surface area contributed by atoms with Crippen molar-refractivity contribution >= 4 is 80.1 Å². The number of ether oxygens (including phenoxy) is 10. The minimum absolute atomic E-state index is 0.280. The molecule has 6 aliphatic rings. The van der Waals surface area contributed by atoms with E-state index in [-0.39, 0.29) is 6.61 Å². The van der Waals surface area contributed by atoms with Gasteiger partial charge in [-0.15, -0.1) is 56.7 Å². The van der Waals surface area contributed by atoms with Crippen molar-refractivity contribution in [2.24, 2.45) is 0 Å². The number of rotatable bonds is 8. The van der Waals surface area contributed by atoms with E-state index >= 15 is 0 Å². The highest BCUT2D eigenvalue weighted by atomic mass is 32.1. The number of para-hydroxylation sites is 1. The van der Waals surface area contributed by atoms with Gasteiger partial charge in [-0.25, -0.2) is 4.85 Å². The van der Waals surface area contributed by atoms with Gasteiger partial charge in [0.05, 0.1) is 55.3 Å². The van der Waals surface area contributed by atoms with E-state index in [4.69, 9.17) is 53.9 Å². The largest absolute Gasteiger partial charge is 0.486 e. The molecule has 0 radical (unpaired) electrons. The van der Waals surface area contributed by atoms with Gasteiger partial charge in [-0.2, -0.15) is 0 Å². The number of fused-ring (bicyclic) bond motifs is 7. The fourth-order valence-electron chi connectivity index (χ4n) is 9.44. The van der Waals surface area contributed by atoms with Gasteiger partial charge in [0.2, 0.25) is 0 Å². The molecule has 69 heavy (non-hydrogen) atoms. The number of carboxylic acid groups (broad SMARTS) is 1. The standard InChI is InChI=1S/C50H38N2O12S5/c1-3-52-28-7-5-4-6-24(28)8-9-25-22-26(10-11-29(25)52)41-33-34(58-15-14-57-33)44(66-41)45-37-38(62-19-18-61-37)48(68-45)49-40-39(63-20-21-64-40)47(69-49)46-36-35(59-16-17-60-36)43(67-46)42-32-31(55-12-13-56-32)30(65-42)23-27(51-2)50(53)54/h4-7,10-11,22-23H,3,8-9,12-21H2,1H3,(H,53,54)/b27-23-. The maximum absolute atomic E-state index is 11.9. The average molecular weight is 1020 g/mol. The first-order valence-corrected chi connectivity index (χ1v) is 26.5. The Bertz CT molecular complexity index is 3330. The summed E-state index contributed by atoms with van der Waals surface area (Å²) in [4.78, 5) is 25.4. The number of carbonyl (C=O) groups is 1. The van der Waals surface area contributed by atoms with Crippen LogP contribution >= 0.6 is 56.7 Å². The molecule has 5 aromatic heterocycles. The van der Waals surface area contributed by atoms with E-state index in [2.05, 4.69) is 59.1 Å². The Morgan fingerprint density at radius 3 is 1.36 bits per heavy atom. The summed E-state index contributed by atoms with van der Waals surface area (Å²) >= 11 is 7.45. The molecule has 0 bridgehead atoms. The first-order chi connectivity index (χ1) is 34.0. The molecule has 7 aromatic rings. The molecule has 19 heteroatoms. The van der Waals surface area contributed by atoms with Crippen molar-refractivity contribution in [3.05, 3.63) is 75.6 Å². The second-order valence-corrected chi connectivity index (χ2v) is 21.4. The molecule has 0 atom stereocenters. The van der Waals surface area contributed by atoms with Gasteiger partial charge in [0.1, 0.15) is 66.1 Å². The molecular weight excluding hydrogens is 981 g/mol. The van der Waals surface area contributed by atoms with Gasteiger partial charge in [0, 0.05) is 17.9 Å². The summed E-state index contributed by atoms with van der Waals surface area (Å²) in [6.07, 6.45) is 3.20. The van der Waals surface area contributed by atoms with Gasteiger partial charge < -0.3 is 57.4 Å². The average Bonchev–Trinajstić information content (AvgIpc) is 4.21. The summed E-state index contributed by atoms with van der Waals surface area (Å²) in [5.74, 6) is 4.53. The van der Waals surface area contributed by atoms with Crippen LogP contribution in [0.15, 0.2) is 48.2 Å². The molecule has 13 rings (SSSR count). The van der Waals surface area contributed by atoms with E-state index in [0.29, 0.717) is 121 Å². The van der Waals surface area contributed by atoms with Gasteiger partial charge >= 0.3 is 5.97 Å². The van der Waals surface area contributed by atoms with Gasteiger partial charge in [-0.1, -0.05) is 24.3 Å². The third kappa shape index (κ3) is 6.89. The highest BCUT2D eigenvalue weighted by Crippen LogP contribution is 2.67. The van der Waals surface area contributed by atoms with Crippen LogP contribution < -0.4 is 52.3 Å². The predicted octanol–water partition coefficient (Wildman–Crippen LogP) is 11.8. The Hall–Kier alpha value is -6.56. The Balaban J connectivity index is 0.928. The second kappa shape index (κ2) is 17.1. The van der Waals surface area contributed by atoms with Crippen LogP contribution in [0.1, 0.15) is 22.9 Å². The molecular formula is C50H38N2O12S5. The Morgan fingerprint density at radius 1 is 0.536 bits per heavy atom. The Morgan fingerprint density at radius 2 is 0.913 bits per heavy atom. The summed E-state index contributed by atoms with van der Waals surface area (Å²) in [6.45, 7) is 14.1. The molecule has 0 unspecified atom stereocenters. The molecule has 0 amide bonds. The number of carboxylic acids is 1. The second-order valence-electron chi connectivity index (χ2n) is 16.3. The van der Waals surface area contributed by atoms with E-state index < -0.39 is 11.7 Å². The Kier molecular flexibility index (Phi) is 10.6. The van der Waals surface area contributed by atoms with Crippen molar-refractivity contribution in [1.29, 1.82) is 0 Å². The topological polar surface area (TPSA) is 137 Å². The number of nitrogens with zero attached hydrogens (tertiary/aromatic N) is 2. The number of aryl methyl sites for hydroxylation is 2. The molecule has 14 nitrogen and oxygen atoms in total. The quantitative estimate of drug-likeness (QED) is 0.114. The monoisotopic (exact) mass is 1020 g/mol. The first-order valence-electron chi connectivity index (χ1n) is 22.4. The highest BCUT2D eigenvalue weighted by Gasteiger charge is 2.40. The predicted molar refractivity (Wildman–Crippen MR) is 267 cm³/mol. The SMILES string of the molecule is [C-]#[N+]/C(=C\c1sc(-c2sc(-c3sc(-c4sc(-c5sc(-c6ccc7c(c6)CCc6ccccc6N7CC)c6c5OCCO6)c5c4OCCO5)c4c3OCCO4)c3c2OCCO3)c2c1OCCO2)C(=O)O. The number of benzene rings is 2. The van der Waals surface area contributed by atoms with Gasteiger partial charge in [-0.3, -0.25) is 4.79 Å². The van der Waals surface area contributed by atoms with Crippen LogP contribution in [-0.2, 0) is 17.6 Å². The number of aliphatic carboxylic acids is 1. The lowest BCUT2D eigenvalue weighted by Gasteiger charge is -2.25. The summed E-state index contributed by atoms with van der Waals surface area (Å²) in [5, 5.41) is 9.69. The molecule has 2 aromatic carbocycles. The van der Waals surface area contributed by atoms with Gasteiger partial charge in [0.15, 0.2) is 57.5 Å². The van der Waals surface area contributed by atoms with E-state index in [1.807, 2.05) is 0 Å². The fraction of sp³-hybridized carbons (Fsp3) is 0.280. The lowest BCUT2D eigenvalue weighted by Crippen LogP contribution is -2.17. The molecule has 350 valence electrons. The van der Waals surface area contributed by atoms with E-state index in [1.165, 1.54) is 62.6 Å². The molecule has 11 heterocycles. The third-order valence-corrected chi connectivity index (χ3v) is 18.8. The maximum atomic E-state index is 11.9. The van der Waals surface area contributed by atoms with E-state index in [0.717, 1.165) is 69.7 Å². The van der Waals surface area contributed by atoms with Crippen molar-refractivity contribution < 1.29 is 57.3 Å². The maximum Gasteiger partial charge on any atom is 0.333 e. The van der Waals surface area contributed by atoms with Crippen molar-refractivity contribution in [2.45, 2.75) is 19.8 Å². The zero-order valence-corrected chi connectivity index (χ0v) is 40.8. The number of hydrogen-bond donors (Lipinski definition) is 1. The number of hydrogen-bond acceptors (Lipinski definition) is 17. The van der Waals surface area contributed by atoms with Crippen LogP contribution in [0.4, 0.5) is 11.4 Å². The zero-order valence-electron chi connectivity index (χ0n) is 36.7. The number of anilines is 2. The van der Waals surface area contributed by atoms with Crippen LogP contribution in [-0.4, -0.2) is 83.7 Å². The highest BCUT2D eigenvalue weighted by molar-refractivity contribution is 7.31. The molecule has 0 saturated heterocycles. The summed E-state index contributed by atoms with van der Waals surface area (Å²) in [7, 11) is 0. The fourth-order valence-corrected chi connectivity index (χ4v) is 15.8. The first kappa shape index (κ1) is 42.5. The van der Waals surface area contributed by atoms with Crippen molar-refractivity contribution in [2.75, 3.05) is 77.5 Å². The molecule has 0 saturated carbocycles. The lowest BCUT2D eigenvalue weighted by atomic mass is 10.0. The molecule has 0 aliphatic carbocycles. The van der Waals surface area contributed by atoms with Gasteiger partial charge in [0.25, 0.3) is 5.70 Å². The van der Waals surface area contributed by atoms with E-state index in [1.54, 1.807) is 22.7 Å². The minimum Gasteiger partial charge on any atom is -0.486 e. The van der Waals surface area contributed by atoms with Crippen LogP contribution in [0.3, 0.4) is 0 Å². The molecule has 1 N–H and O–H groups in total. The minimum atomic E-state index is -1.33.